The van der Waals surface area contributed by atoms with Gasteiger partial charge in [-0.1, -0.05) is 33.2 Å². The fraction of sp³-hybridized carbons (Fsp3) is 0.636. The second-order valence-corrected chi connectivity index (χ2v) is 4.57. The van der Waals surface area contributed by atoms with Gasteiger partial charge in [-0.05, 0) is 44.1 Å². The van der Waals surface area contributed by atoms with Crippen molar-refractivity contribution in [2.24, 2.45) is 5.92 Å². The summed E-state index contributed by atoms with van der Waals surface area (Å²) in [6, 6.07) is 0. The van der Waals surface area contributed by atoms with E-state index >= 15 is 0 Å². The summed E-state index contributed by atoms with van der Waals surface area (Å²) in [5, 5.41) is 1.13. The summed E-state index contributed by atoms with van der Waals surface area (Å²) >= 11 is 3.58. The molecule has 1 unspecified atom stereocenters. The van der Waals surface area contributed by atoms with E-state index in [0.29, 0.717) is 0 Å². The number of rotatable bonds is 1. The zero-order chi connectivity index (χ0) is 8.55. The normalized spacial score (nSPS) is 28.8. The van der Waals surface area contributed by atoms with E-state index in [4.69, 9.17) is 0 Å². The molecule has 0 heterocycles. The SMILES string of the molecule is CC1=CC2=C(CCC2)CC1CBr. The molecular formula is C11H15Br. The van der Waals surface area contributed by atoms with Gasteiger partial charge in [-0.15, -0.1) is 0 Å². The molecule has 0 nitrogen and oxygen atoms in total. The Morgan fingerprint density at radius 1 is 1.50 bits per heavy atom. The van der Waals surface area contributed by atoms with Gasteiger partial charge in [0, 0.05) is 5.33 Å². The van der Waals surface area contributed by atoms with Gasteiger partial charge in [-0.2, -0.15) is 0 Å². The van der Waals surface area contributed by atoms with Gasteiger partial charge >= 0.3 is 0 Å². The monoisotopic (exact) mass is 226 g/mol. The lowest BCUT2D eigenvalue weighted by Crippen LogP contribution is -2.09. The lowest BCUT2D eigenvalue weighted by atomic mass is 9.87. The van der Waals surface area contributed by atoms with Crippen LogP contribution in [0, 0.1) is 5.92 Å². The van der Waals surface area contributed by atoms with Crippen molar-refractivity contribution in [3.05, 3.63) is 22.8 Å². The molecule has 0 aromatic carbocycles. The van der Waals surface area contributed by atoms with Crippen molar-refractivity contribution in [2.45, 2.75) is 32.6 Å². The van der Waals surface area contributed by atoms with Crippen LogP contribution >= 0.6 is 15.9 Å². The predicted octanol–water partition coefficient (Wildman–Crippen LogP) is 3.83. The molecule has 1 heteroatoms. The Bertz CT molecular complexity index is 248. The lowest BCUT2D eigenvalue weighted by Gasteiger charge is -2.21. The summed E-state index contributed by atoms with van der Waals surface area (Å²) in [6.45, 7) is 2.27. The molecule has 0 saturated heterocycles. The second kappa shape index (κ2) is 3.37. The van der Waals surface area contributed by atoms with Crippen molar-refractivity contribution < 1.29 is 0 Å². The minimum atomic E-state index is 0.779. The average molecular weight is 227 g/mol. The Hall–Kier alpha value is -0.0400. The van der Waals surface area contributed by atoms with Gasteiger partial charge in [0.05, 0.1) is 0 Å². The second-order valence-electron chi connectivity index (χ2n) is 3.93. The Morgan fingerprint density at radius 2 is 2.33 bits per heavy atom. The van der Waals surface area contributed by atoms with Crippen LogP contribution in [0.2, 0.25) is 0 Å². The summed E-state index contributed by atoms with van der Waals surface area (Å²) in [5.74, 6) is 0.779. The summed E-state index contributed by atoms with van der Waals surface area (Å²) in [6.07, 6.45) is 7.84. The van der Waals surface area contributed by atoms with Crippen molar-refractivity contribution in [3.8, 4) is 0 Å². The van der Waals surface area contributed by atoms with Gasteiger partial charge in [0.15, 0.2) is 0 Å². The topological polar surface area (TPSA) is 0 Å². The molecule has 1 atom stereocenters. The molecule has 0 N–H and O–H groups in total. The highest BCUT2D eigenvalue weighted by Gasteiger charge is 2.22. The smallest absolute Gasteiger partial charge is 0.0100 e. The van der Waals surface area contributed by atoms with Crippen molar-refractivity contribution in [1.29, 1.82) is 0 Å². The summed E-state index contributed by atoms with van der Waals surface area (Å²) in [5.41, 5.74) is 4.97. The van der Waals surface area contributed by atoms with Gasteiger partial charge in [0.2, 0.25) is 0 Å². The van der Waals surface area contributed by atoms with Crippen LogP contribution < -0.4 is 0 Å². The first-order valence-electron chi connectivity index (χ1n) is 4.76. The van der Waals surface area contributed by atoms with E-state index in [1.807, 2.05) is 0 Å². The molecule has 66 valence electrons. The highest BCUT2D eigenvalue weighted by molar-refractivity contribution is 9.09. The standard InChI is InChI=1S/C11H15Br/c1-8-5-9-3-2-4-10(9)6-11(8)7-12/h5,11H,2-4,6-7H2,1H3. The zero-order valence-corrected chi connectivity index (χ0v) is 9.15. The quantitative estimate of drug-likeness (QED) is 0.597. The molecule has 2 aliphatic carbocycles. The van der Waals surface area contributed by atoms with Crippen LogP contribution in [0.15, 0.2) is 22.8 Å². The van der Waals surface area contributed by atoms with Crippen molar-refractivity contribution in [3.63, 3.8) is 0 Å². The maximum atomic E-state index is 3.58. The minimum Gasteiger partial charge on any atom is -0.0921 e. The zero-order valence-electron chi connectivity index (χ0n) is 7.57. The van der Waals surface area contributed by atoms with E-state index in [1.54, 1.807) is 16.7 Å². The molecule has 0 aromatic heterocycles. The maximum absolute atomic E-state index is 3.58. The molecule has 0 bridgehead atoms. The van der Waals surface area contributed by atoms with Gasteiger partial charge in [-0.3, -0.25) is 0 Å². The molecule has 0 aliphatic heterocycles. The number of hydrogen-bond acceptors (Lipinski definition) is 0. The first-order chi connectivity index (χ1) is 5.81. The van der Waals surface area contributed by atoms with Crippen LogP contribution in [-0.4, -0.2) is 5.33 Å². The Balaban J connectivity index is 2.22. The molecule has 2 rings (SSSR count). The van der Waals surface area contributed by atoms with Crippen LogP contribution in [0.4, 0.5) is 0 Å². The largest absolute Gasteiger partial charge is 0.0921 e. The van der Waals surface area contributed by atoms with E-state index in [0.717, 1.165) is 11.2 Å². The fourth-order valence-electron chi connectivity index (χ4n) is 2.26. The summed E-state index contributed by atoms with van der Waals surface area (Å²) in [4.78, 5) is 0. The lowest BCUT2D eigenvalue weighted by molar-refractivity contribution is 0.662. The van der Waals surface area contributed by atoms with Gasteiger partial charge in [-0.25, -0.2) is 0 Å². The van der Waals surface area contributed by atoms with Crippen molar-refractivity contribution >= 4 is 15.9 Å². The highest BCUT2D eigenvalue weighted by atomic mass is 79.9. The minimum absolute atomic E-state index is 0.779. The molecule has 0 fully saturated rings. The Morgan fingerprint density at radius 3 is 3.08 bits per heavy atom. The number of alkyl halides is 1. The third kappa shape index (κ3) is 1.39. The third-order valence-electron chi connectivity index (χ3n) is 3.10. The van der Waals surface area contributed by atoms with E-state index in [-0.39, 0.29) is 0 Å². The van der Waals surface area contributed by atoms with Crippen LogP contribution in [0.5, 0.6) is 0 Å². The van der Waals surface area contributed by atoms with Crippen LogP contribution in [0.3, 0.4) is 0 Å². The van der Waals surface area contributed by atoms with E-state index in [9.17, 15) is 0 Å². The van der Waals surface area contributed by atoms with Gasteiger partial charge < -0.3 is 0 Å². The number of hydrogen-bond donors (Lipinski definition) is 0. The molecule has 0 radical (unpaired) electrons. The number of allylic oxidation sites excluding steroid dienone is 4. The van der Waals surface area contributed by atoms with E-state index in [2.05, 4.69) is 28.9 Å². The van der Waals surface area contributed by atoms with Gasteiger partial charge in [0.1, 0.15) is 0 Å². The molecule has 0 aromatic rings. The molecule has 0 saturated carbocycles. The Kier molecular flexibility index (Phi) is 2.40. The van der Waals surface area contributed by atoms with Crippen molar-refractivity contribution in [1.82, 2.24) is 0 Å². The van der Waals surface area contributed by atoms with Crippen LogP contribution in [0.25, 0.3) is 0 Å². The van der Waals surface area contributed by atoms with E-state index in [1.165, 1.54) is 25.7 Å². The van der Waals surface area contributed by atoms with Crippen molar-refractivity contribution in [2.75, 3.05) is 5.33 Å². The first kappa shape index (κ1) is 8.55. The average Bonchev–Trinajstić information content (AvgIpc) is 2.49. The molecular weight excluding hydrogens is 212 g/mol. The highest BCUT2D eigenvalue weighted by Crippen LogP contribution is 2.38. The molecule has 0 spiro atoms. The van der Waals surface area contributed by atoms with Crippen LogP contribution in [0.1, 0.15) is 32.6 Å². The fourth-order valence-corrected chi connectivity index (χ4v) is 3.00. The molecule has 12 heavy (non-hydrogen) atoms. The number of halogens is 1. The van der Waals surface area contributed by atoms with E-state index < -0.39 is 0 Å². The predicted molar refractivity (Wildman–Crippen MR) is 56.5 cm³/mol. The Labute approximate surface area is 82.9 Å². The van der Waals surface area contributed by atoms with Crippen LogP contribution in [-0.2, 0) is 0 Å². The first-order valence-corrected chi connectivity index (χ1v) is 5.88. The maximum Gasteiger partial charge on any atom is 0.0100 e. The molecule has 2 aliphatic rings. The van der Waals surface area contributed by atoms with Gasteiger partial charge in [0.25, 0.3) is 0 Å². The summed E-state index contributed by atoms with van der Waals surface area (Å²) < 4.78 is 0. The summed E-state index contributed by atoms with van der Waals surface area (Å²) in [7, 11) is 0. The third-order valence-corrected chi connectivity index (χ3v) is 3.89. The molecule has 0 amide bonds.